The summed E-state index contributed by atoms with van der Waals surface area (Å²) >= 11 is 0. The van der Waals surface area contributed by atoms with Gasteiger partial charge in [0.05, 0.1) is 0 Å². The Morgan fingerprint density at radius 1 is 1.55 bits per heavy atom. The maximum Gasteiger partial charge on any atom is 0.0183 e. The van der Waals surface area contributed by atoms with Gasteiger partial charge in [0.25, 0.3) is 0 Å². The summed E-state index contributed by atoms with van der Waals surface area (Å²) in [5.41, 5.74) is 3.12. The lowest BCUT2D eigenvalue weighted by Gasteiger charge is -2.22. The standard InChI is InChI=1S/C9H18N2/c1-3-4-10-5-8(2)9-6-11-7-9/h10-11H,3-7H2,1-2H3. The largest absolute Gasteiger partial charge is 0.313 e. The minimum Gasteiger partial charge on any atom is -0.313 e. The Morgan fingerprint density at radius 3 is 2.73 bits per heavy atom. The van der Waals surface area contributed by atoms with E-state index in [0.29, 0.717) is 0 Å². The lowest BCUT2D eigenvalue weighted by molar-refractivity contribution is 0.638. The van der Waals surface area contributed by atoms with Crippen molar-refractivity contribution in [3.63, 3.8) is 0 Å². The smallest absolute Gasteiger partial charge is 0.0183 e. The molecule has 1 saturated heterocycles. The highest BCUT2D eigenvalue weighted by Crippen LogP contribution is 2.06. The van der Waals surface area contributed by atoms with Crippen molar-refractivity contribution in [1.82, 2.24) is 10.6 Å². The van der Waals surface area contributed by atoms with E-state index >= 15 is 0 Å². The average molecular weight is 154 g/mol. The first kappa shape index (κ1) is 8.75. The molecule has 2 N–H and O–H groups in total. The molecule has 1 aliphatic heterocycles. The van der Waals surface area contributed by atoms with Gasteiger partial charge in [0.15, 0.2) is 0 Å². The third kappa shape index (κ3) is 2.64. The zero-order valence-corrected chi connectivity index (χ0v) is 7.54. The Labute approximate surface area is 69.1 Å². The second-order valence-electron chi connectivity index (χ2n) is 3.16. The molecule has 0 aromatic carbocycles. The van der Waals surface area contributed by atoms with E-state index in [4.69, 9.17) is 0 Å². The van der Waals surface area contributed by atoms with Gasteiger partial charge in [0.1, 0.15) is 0 Å². The molecule has 11 heavy (non-hydrogen) atoms. The second-order valence-corrected chi connectivity index (χ2v) is 3.16. The van der Waals surface area contributed by atoms with Crippen molar-refractivity contribution in [2.75, 3.05) is 26.2 Å². The van der Waals surface area contributed by atoms with Crippen LogP contribution in [0.1, 0.15) is 20.3 Å². The third-order valence-electron chi connectivity index (χ3n) is 2.10. The Bertz CT molecular complexity index is 144. The van der Waals surface area contributed by atoms with Crippen LogP contribution < -0.4 is 10.6 Å². The highest BCUT2D eigenvalue weighted by molar-refractivity contribution is 5.22. The maximum absolute atomic E-state index is 3.40. The summed E-state index contributed by atoms with van der Waals surface area (Å²) in [6.07, 6.45) is 1.22. The minimum absolute atomic E-state index is 1.07. The van der Waals surface area contributed by atoms with E-state index < -0.39 is 0 Å². The average Bonchev–Trinajstić information content (AvgIpc) is 1.84. The summed E-state index contributed by atoms with van der Waals surface area (Å²) in [4.78, 5) is 0. The van der Waals surface area contributed by atoms with Gasteiger partial charge in [-0.15, -0.1) is 0 Å². The fourth-order valence-electron chi connectivity index (χ4n) is 1.13. The Hall–Kier alpha value is -0.340. The number of nitrogens with one attached hydrogen (secondary N) is 2. The van der Waals surface area contributed by atoms with Crippen molar-refractivity contribution in [1.29, 1.82) is 0 Å². The molecule has 0 amide bonds. The monoisotopic (exact) mass is 154 g/mol. The summed E-state index contributed by atoms with van der Waals surface area (Å²) in [7, 11) is 0. The molecule has 0 atom stereocenters. The van der Waals surface area contributed by atoms with Crippen molar-refractivity contribution in [2.24, 2.45) is 0 Å². The first-order valence-electron chi connectivity index (χ1n) is 4.43. The summed E-state index contributed by atoms with van der Waals surface area (Å²) in [5, 5.41) is 6.65. The minimum atomic E-state index is 1.07. The quantitative estimate of drug-likeness (QED) is 0.464. The first-order valence-corrected chi connectivity index (χ1v) is 4.43. The molecular formula is C9H18N2. The van der Waals surface area contributed by atoms with Crippen LogP contribution in [-0.4, -0.2) is 26.2 Å². The van der Waals surface area contributed by atoms with Crippen LogP contribution >= 0.6 is 0 Å². The van der Waals surface area contributed by atoms with Crippen LogP contribution in [0.3, 0.4) is 0 Å². The van der Waals surface area contributed by atoms with Crippen molar-refractivity contribution >= 4 is 0 Å². The van der Waals surface area contributed by atoms with Gasteiger partial charge in [0.2, 0.25) is 0 Å². The van der Waals surface area contributed by atoms with Crippen LogP contribution in [0.15, 0.2) is 11.1 Å². The van der Waals surface area contributed by atoms with Gasteiger partial charge >= 0.3 is 0 Å². The molecular weight excluding hydrogens is 136 g/mol. The summed E-state index contributed by atoms with van der Waals surface area (Å²) in [6.45, 7) is 8.85. The van der Waals surface area contributed by atoms with E-state index in [-0.39, 0.29) is 0 Å². The highest BCUT2D eigenvalue weighted by Gasteiger charge is 2.09. The topological polar surface area (TPSA) is 24.1 Å². The number of rotatable bonds is 4. The molecule has 0 spiro atoms. The molecule has 0 saturated carbocycles. The van der Waals surface area contributed by atoms with Gasteiger partial charge in [-0.2, -0.15) is 0 Å². The van der Waals surface area contributed by atoms with Crippen LogP contribution in [0, 0.1) is 0 Å². The molecule has 1 aliphatic rings. The van der Waals surface area contributed by atoms with Gasteiger partial charge in [-0.25, -0.2) is 0 Å². The van der Waals surface area contributed by atoms with E-state index in [1.807, 2.05) is 0 Å². The summed E-state index contributed by atoms with van der Waals surface area (Å²) in [5.74, 6) is 0. The maximum atomic E-state index is 3.40. The van der Waals surface area contributed by atoms with Gasteiger partial charge < -0.3 is 10.6 Å². The van der Waals surface area contributed by atoms with E-state index in [0.717, 1.165) is 26.2 Å². The van der Waals surface area contributed by atoms with Crippen molar-refractivity contribution in [3.05, 3.63) is 11.1 Å². The Balaban J connectivity index is 2.14. The number of hydrogen-bond acceptors (Lipinski definition) is 2. The molecule has 0 radical (unpaired) electrons. The third-order valence-corrected chi connectivity index (χ3v) is 2.10. The Kier molecular flexibility index (Phi) is 3.60. The molecule has 1 heterocycles. The normalized spacial score (nSPS) is 16.4. The van der Waals surface area contributed by atoms with Crippen molar-refractivity contribution in [2.45, 2.75) is 20.3 Å². The molecule has 1 rings (SSSR count). The van der Waals surface area contributed by atoms with E-state index in [1.165, 1.54) is 12.0 Å². The van der Waals surface area contributed by atoms with Gasteiger partial charge in [-0.3, -0.25) is 0 Å². The van der Waals surface area contributed by atoms with Gasteiger partial charge in [0, 0.05) is 19.6 Å². The van der Waals surface area contributed by atoms with Crippen LogP contribution in [0.5, 0.6) is 0 Å². The zero-order chi connectivity index (χ0) is 8.10. The summed E-state index contributed by atoms with van der Waals surface area (Å²) in [6, 6.07) is 0. The lowest BCUT2D eigenvalue weighted by Crippen LogP contribution is -2.36. The lowest BCUT2D eigenvalue weighted by atomic mass is 10.0. The van der Waals surface area contributed by atoms with E-state index in [1.54, 1.807) is 5.57 Å². The number of hydrogen-bond donors (Lipinski definition) is 2. The van der Waals surface area contributed by atoms with E-state index in [9.17, 15) is 0 Å². The fourth-order valence-corrected chi connectivity index (χ4v) is 1.13. The van der Waals surface area contributed by atoms with Crippen LogP contribution in [-0.2, 0) is 0 Å². The Morgan fingerprint density at radius 2 is 2.27 bits per heavy atom. The van der Waals surface area contributed by atoms with Gasteiger partial charge in [-0.05, 0) is 25.5 Å². The second kappa shape index (κ2) is 4.52. The predicted octanol–water partition coefficient (Wildman–Crippen LogP) is 0.906. The summed E-state index contributed by atoms with van der Waals surface area (Å²) < 4.78 is 0. The molecule has 0 aromatic rings. The highest BCUT2D eigenvalue weighted by atomic mass is 14.9. The van der Waals surface area contributed by atoms with Crippen molar-refractivity contribution in [3.8, 4) is 0 Å². The molecule has 2 nitrogen and oxygen atoms in total. The van der Waals surface area contributed by atoms with Crippen LogP contribution in [0.4, 0.5) is 0 Å². The van der Waals surface area contributed by atoms with E-state index in [2.05, 4.69) is 24.5 Å². The molecule has 0 aromatic heterocycles. The molecule has 0 unspecified atom stereocenters. The molecule has 0 aliphatic carbocycles. The first-order chi connectivity index (χ1) is 5.34. The van der Waals surface area contributed by atoms with Crippen LogP contribution in [0.25, 0.3) is 0 Å². The molecule has 2 heteroatoms. The molecule has 1 fully saturated rings. The van der Waals surface area contributed by atoms with Gasteiger partial charge in [-0.1, -0.05) is 12.5 Å². The fraction of sp³-hybridized carbons (Fsp3) is 0.778. The van der Waals surface area contributed by atoms with Crippen molar-refractivity contribution < 1.29 is 0 Å². The SMILES string of the molecule is CCCNCC(C)=C1CNC1. The zero-order valence-electron chi connectivity index (χ0n) is 7.54. The van der Waals surface area contributed by atoms with Crippen LogP contribution in [0.2, 0.25) is 0 Å². The molecule has 64 valence electrons. The predicted molar refractivity (Wildman–Crippen MR) is 48.7 cm³/mol. The molecule has 0 bridgehead atoms.